The Balaban J connectivity index is 1.96. The zero-order valence-electron chi connectivity index (χ0n) is 18.9. The number of nitrogens with two attached hydrogens (primary N) is 1. The van der Waals surface area contributed by atoms with E-state index in [0.717, 1.165) is 9.87 Å². The molecule has 2 amide bonds. The third-order valence-corrected chi connectivity index (χ3v) is 6.79. The van der Waals surface area contributed by atoms with E-state index in [0.29, 0.717) is 17.2 Å². The lowest BCUT2D eigenvalue weighted by Gasteiger charge is -2.25. The van der Waals surface area contributed by atoms with Gasteiger partial charge in [-0.25, -0.2) is 8.42 Å². The molecule has 0 fully saturated rings. The quantitative estimate of drug-likeness (QED) is 0.482. The highest BCUT2D eigenvalue weighted by Crippen LogP contribution is 2.33. The zero-order chi connectivity index (χ0) is 24.9. The number of sulfonamides is 1. The first-order valence-corrected chi connectivity index (χ1v) is 11.6. The fraction of sp³-hybridized carbons (Fsp3) is 0.167. The van der Waals surface area contributed by atoms with Crippen LogP contribution in [0.15, 0.2) is 71.6 Å². The van der Waals surface area contributed by atoms with Crippen LogP contribution < -0.4 is 24.8 Å². The SMILES string of the molecule is COc1ccc(N(CC(=O)Nc2ccc(C(N)=O)cc2)S(=O)(=O)c2ccc(C)cc2)cc1OC. The molecule has 0 saturated carbocycles. The van der Waals surface area contributed by atoms with Crippen LogP contribution >= 0.6 is 0 Å². The molecular weight excluding hydrogens is 458 g/mol. The third kappa shape index (κ3) is 5.46. The molecule has 3 rings (SSSR count). The number of hydrogen-bond acceptors (Lipinski definition) is 6. The number of methoxy groups -OCH3 is 2. The molecule has 0 saturated heterocycles. The summed E-state index contributed by atoms with van der Waals surface area (Å²) in [6.07, 6.45) is 0. The van der Waals surface area contributed by atoms with Crippen LogP contribution in [0.3, 0.4) is 0 Å². The summed E-state index contributed by atoms with van der Waals surface area (Å²) < 4.78 is 38.6. The van der Waals surface area contributed by atoms with E-state index in [4.69, 9.17) is 15.2 Å². The van der Waals surface area contributed by atoms with E-state index in [9.17, 15) is 18.0 Å². The van der Waals surface area contributed by atoms with Gasteiger partial charge >= 0.3 is 0 Å². The highest BCUT2D eigenvalue weighted by molar-refractivity contribution is 7.92. The predicted molar refractivity (Wildman–Crippen MR) is 129 cm³/mol. The molecule has 0 aliphatic carbocycles. The maximum atomic E-state index is 13.5. The predicted octanol–water partition coefficient (Wildman–Crippen LogP) is 2.95. The van der Waals surface area contributed by atoms with Crippen LogP contribution in [0.25, 0.3) is 0 Å². The number of carbonyl (C=O) groups is 2. The summed E-state index contributed by atoms with van der Waals surface area (Å²) in [4.78, 5) is 24.1. The number of ether oxygens (including phenoxy) is 2. The molecule has 0 bridgehead atoms. The molecule has 0 heterocycles. The van der Waals surface area contributed by atoms with Crippen molar-refractivity contribution >= 4 is 33.2 Å². The molecule has 0 radical (unpaired) electrons. The van der Waals surface area contributed by atoms with E-state index < -0.39 is 28.4 Å². The second-order valence-electron chi connectivity index (χ2n) is 7.35. The molecule has 9 nitrogen and oxygen atoms in total. The summed E-state index contributed by atoms with van der Waals surface area (Å²) in [5.41, 5.74) is 7.02. The molecular formula is C24H25N3O6S. The standard InChI is InChI=1S/C24H25N3O6S/c1-16-4-11-20(12-5-16)34(30,31)27(19-10-13-21(32-2)22(14-19)33-3)15-23(28)26-18-8-6-17(7-9-18)24(25)29/h4-14H,15H2,1-3H3,(H2,25,29)(H,26,28). The third-order valence-electron chi connectivity index (χ3n) is 5.00. The van der Waals surface area contributed by atoms with Crippen molar-refractivity contribution in [2.75, 3.05) is 30.4 Å². The average Bonchev–Trinajstić information content (AvgIpc) is 2.82. The Labute approximate surface area is 198 Å². The van der Waals surface area contributed by atoms with Gasteiger partial charge in [0, 0.05) is 17.3 Å². The number of nitrogens with one attached hydrogen (secondary N) is 1. The lowest BCUT2D eigenvalue weighted by atomic mass is 10.2. The van der Waals surface area contributed by atoms with E-state index in [1.807, 2.05) is 6.92 Å². The lowest BCUT2D eigenvalue weighted by molar-refractivity contribution is -0.114. The second kappa shape index (κ2) is 10.3. The minimum atomic E-state index is -4.11. The van der Waals surface area contributed by atoms with Gasteiger partial charge in [0.25, 0.3) is 10.0 Å². The fourth-order valence-electron chi connectivity index (χ4n) is 3.18. The van der Waals surface area contributed by atoms with E-state index >= 15 is 0 Å². The van der Waals surface area contributed by atoms with E-state index in [2.05, 4.69) is 5.32 Å². The van der Waals surface area contributed by atoms with Crippen LogP contribution in [-0.2, 0) is 14.8 Å². The van der Waals surface area contributed by atoms with Gasteiger partial charge in [0.15, 0.2) is 11.5 Å². The van der Waals surface area contributed by atoms with Crippen LogP contribution in [0.5, 0.6) is 11.5 Å². The van der Waals surface area contributed by atoms with Crippen LogP contribution in [-0.4, -0.2) is 41.0 Å². The lowest BCUT2D eigenvalue weighted by Crippen LogP contribution is -2.38. The van der Waals surface area contributed by atoms with Crippen molar-refractivity contribution in [3.05, 3.63) is 77.9 Å². The highest BCUT2D eigenvalue weighted by Gasteiger charge is 2.28. The van der Waals surface area contributed by atoms with Gasteiger partial charge in [-0.2, -0.15) is 0 Å². The Morgan fingerprint density at radius 1 is 0.912 bits per heavy atom. The molecule has 34 heavy (non-hydrogen) atoms. The summed E-state index contributed by atoms with van der Waals surface area (Å²) in [5, 5.41) is 2.64. The molecule has 0 atom stereocenters. The normalized spacial score (nSPS) is 10.9. The maximum Gasteiger partial charge on any atom is 0.264 e. The number of primary amides is 1. The number of nitrogens with zero attached hydrogens (tertiary/aromatic N) is 1. The van der Waals surface area contributed by atoms with Gasteiger partial charge in [0.2, 0.25) is 11.8 Å². The minimum Gasteiger partial charge on any atom is -0.493 e. The molecule has 0 unspecified atom stereocenters. The number of carbonyl (C=O) groups excluding carboxylic acids is 2. The molecule has 3 aromatic rings. The molecule has 0 aliphatic rings. The number of hydrogen-bond donors (Lipinski definition) is 2. The summed E-state index contributed by atoms with van der Waals surface area (Å²) in [6, 6.07) is 16.9. The van der Waals surface area contributed by atoms with E-state index in [1.54, 1.807) is 18.2 Å². The molecule has 10 heteroatoms. The van der Waals surface area contributed by atoms with Crippen LogP contribution in [0.2, 0.25) is 0 Å². The first-order chi connectivity index (χ1) is 16.1. The number of rotatable bonds is 9. The molecule has 0 aliphatic heterocycles. The Kier molecular flexibility index (Phi) is 7.42. The van der Waals surface area contributed by atoms with Gasteiger partial charge in [-0.15, -0.1) is 0 Å². The topological polar surface area (TPSA) is 128 Å². The summed E-state index contributed by atoms with van der Waals surface area (Å²) in [7, 11) is -1.20. The van der Waals surface area contributed by atoms with Crippen molar-refractivity contribution in [3.63, 3.8) is 0 Å². The number of benzene rings is 3. The maximum absolute atomic E-state index is 13.5. The molecule has 0 spiro atoms. The molecule has 3 N–H and O–H groups in total. The molecule has 178 valence electrons. The van der Waals surface area contributed by atoms with Crippen molar-refractivity contribution < 1.29 is 27.5 Å². The Hall–Kier alpha value is -4.05. The Morgan fingerprint density at radius 3 is 2.09 bits per heavy atom. The van der Waals surface area contributed by atoms with Crippen molar-refractivity contribution in [3.8, 4) is 11.5 Å². The number of anilines is 2. The minimum absolute atomic E-state index is 0.0338. The van der Waals surface area contributed by atoms with Crippen molar-refractivity contribution in [2.24, 2.45) is 5.73 Å². The molecule has 0 aromatic heterocycles. The molecule has 3 aromatic carbocycles. The van der Waals surface area contributed by atoms with Crippen molar-refractivity contribution in [1.82, 2.24) is 0 Å². The van der Waals surface area contributed by atoms with Gasteiger partial charge < -0.3 is 20.5 Å². The average molecular weight is 484 g/mol. The fourth-order valence-corrected chi connectivity index (χ4v) is 4.59. The first-order valence-electron chi connectivity index (χ1n) is 10.2. The Bertz CT molecular complexity index is 1290. The van der Waals surface area contributed by atoms with Crippen LogP contribution in [0.1, 0.15) is 15.9 Å². The first kappa shape index (κ1) is 24.6. The number of aryl methyl sites for hydroxylation is 1. The number of amides is 2. The summed E-state index contributed by atoms with van der Waals surface area (Å²) >= 11 is 0. The summed E-state index contributed by atoms with van der Waals surface area (Å²) in [6.45, 7) is 1.34. The van der Waals surface area contributed by atoms with Gasteiger partial charge in [0.1, 0.15) is 6.54 Å². The summed E-state index contributed by atoms with van der Waals surface area (Å²) in [5.74, 6) is -0.455. The largest absolute Gasteiger partial charge is 0.493 e. The van der Waals surface area contributed by atoms with Gasteiger partial charge in [-0.3, -0.25) is 13.9 Å². The zero-order valence-corrected chi connectivity index (χ0v) is 19.8. The van der Waals surface area contributed by atoms with Gasteiger partial charge in [-0.1, -0.05) is 17.7 Å². The van der Waals surface area contributed by atoms with Crippen LogP contribution in [0, 0.1) is 6.92 Å². The van der Waals surface area contributed by atoms with Gasteiger partial charge in [0.05, 0.1) is 24.8 Å². The monoisotopic (exact) mass is 483 g/mol. The smallest absolute Gasteiger partial charge is 0.264 e. The van der Waals surface area contributed by atoms with Crippen LogP contribution in [0.4, 0.5) is 11.4 Å². The Morgan fingerprint density at radius 2 is 1.53 bits per heavy atom. The van der Waals surface area contributed by atoms with E-state index in [-0.39, 0.29) is 16.1 Å². The highest BCUT2D eigenvalue weighted by atomic mass is 32.2. The second-order valence-corrected chi connectivity index (χ2v) is 9.22. The van der Waals surface area contributed by atoms with Gasteiger partial charge in [-0.05, 0) is 55.5 Å². The van der Waals surface area contributed by atoms with Crippen molar-refractivity contribution in [1.29, 1.82) is 0 Å². The van der Waals surface area contributed by atoms with Crippen molar-refractivity contribution in [2.45, 2.75) is 11.8 Å². The van der Waals surface area contributed by atoms with E-state index in [1.165, 1.54) is 62.8 Å².